The van der Waals surface area contributed by atoms with Gasteiger partial charge in [0.2, 0.25) is 5.91 Å². The minimum absolute atomic E-state index is 0.0821. The first-order valence-corrected chi connectivity index (χ1v) is 7.22. The Morgan fingerprint density at radius 1 is 1.36 bits per heavy atom. The van der Waals surface area contributed by atoms with Crippen molar-refractivity contribution in [3.05, 3.63) is 41.5 Å². The van der Waals surface area contributed by atoms with E-state index in [0.717, 1.165) is 12.0 Å². The van der Waals surface area contributed by atoms with Crippen LogP contribution in [0.5, 0.6) is 0 Å². The summed E-state index contributed by atoms with van der Waals surface area (Å²) in [5.41, 5.74) is 7.20. The molecule has 22 heavy (non-hydrogen) atoms. The highest BCUT2D eigenvalue weighted by Gasteiger charge is 2.30. The summed E-state index contributed by atoms with van der Waals surface area (Å²) in [6.07, 6.45) is 6.27. The Bertz CT molecular complexity index is 730. The highest BCUT2D eigenvalue weighted by molar-refractivity contribution is 5.98. The summed E-state index contributed by atoms with van der Waals surface area (Å²) in [4.78, 5) is 25.6. The fourth-order valence-electron chi connectivity index (χ4n) is 2.85. The summed E-state index contributed by atoms with van der Waals surface area (Å²) < 4.78 is 3.57. The van der Waals surface area contributed by atoms with Gasteiger partial charge in [0, 0.05) is 32.5 Å². The number of aromatic nitrogens is 3. The van der Waals surface area contributed by atoms with Crippen LogP contribution in [0, 0.1) is 6.92 Å². The molecule has 0 radical (unpaired) electrons. The maximum atomic E-state index is 12.6. The molecule has 1 aliphatic heterocycles. The van der Waals surface area contributed by atoms with Crippen LogP contribution < -0.4 is 5.73 Å². The van der Waals surface area contributed by atoms with E-state index in [9.17, 15) is 9.59 Å². The smallest absolute Gasteiger partial charge is 0.270 e. The van der Waals surface area contributed by atoms with E-state index in [4.69, 9.17) is 5.73 Å². The third kappa shape index (κ3) is 2.49. The molecule has 1 unspecified atom stereocenters. The van der Waals surface area contributed by atoms with Crippen LogP contribution in [-0.4, -0.2) is 44.2 Å². The van der Waals surface area contributed by atoms with Crippen molar-refractivity contribution in [1.29, 1.82) is 0 Å². The quantitative estimate of drug-likeness (QED) is 0.906. The van der Waals surface area contributed by atoms with E-state index in [1.165, 1.54) is 0 Å². The van der Waals surface area contributed by atoms with Crippen LogP contribution in [0.2, 0.25) is 0 Å². The van der Waals surface area contributed by atoms with E-state index in [1.807, 2.05) is 24.0 Å². The largest absolute Gasteiger partial charge is 0.366 e. The predicted octanol–water partition coefficient (Wildman–Crippen LogP) is 0.716. The number of likely N-dealkylation sites (tertiary alicyclic amines) is 1. The van der Waals surface area contributed by atoms with Crippen LogP contribution >= 0.6 is 0 Å². The molecule has 2 aromatic heterocycles. The Morgan fingerprint density at radius 2 is 2.14 bits per heavy atom. The Hall–Kier alpha value is -2.57. The molecular weight excluding hydrogens is 282 g/mol. The van der Waals surface area contributed by atoms with E-state index < -0.39 is 5.91 Å². The average molecular weight is 301 g/mol. The summed E-state index contributed by atoms with van der Waals surface area (Å²) in [6.45, 7) is 3.30. The molecule has 0 aliphatic carbocycles. The summed E-state index contributed by atoms with van der Waals surface area (Å²) in [5.74, 6) is -0.609. The molecule has 0 aromatic carbocycles. The van der Waals surface area contributed by atoms with Gasteiger partial charge in [-0.2, -0.15) is 5.10 Å². The third-order valence-corrected chi connectivity index (χ3v) is 4.06. The Labute approximate surface area is 128 Å². The van der Waals surface area contributed by atoms with Crippen molar-refractivity contribution in [2.75, 3.05) is 13.1 Å². The van der Waals surface area contributed by atoms with Crippen molar-refractivity contribution in [2.24, 2.45) is 12.8 Å². The van der Waals surface area contributed by atoms with Gasteiger partial charge < -0.3 is 15.2 Å². The second-order valence-electron chi connectivity index (χ2n) is 5.78. The lowest BCUT2D eigenvalue weighted by molar-refractivity contribution is 0.0777. The first-order valence-electron chi connectivity index (χ1n) is 7.22. The molecule has 2 aromatic rings. The van der Waals surface area contributed by atoms with Crippen LogP contribution in [-0.2, 0) is 7.05 Å². The molecule has 1 saturated heterocycles. The van der Waals surface area contributed by atoms with Gasteiger partial charge in [0.05, 0.1) is 17.8 Å². The molecule has 0 spiro atoms. The second kappa shape index (κ2) is 5.32. The summed E-state index contributed by atoms with van der Waals surface area (Å²) >= 11 is 0. The number of primary amides is 1. The molecule has 3 rings (SSSR count). The normalized spacial score (nSPS) is 17.9. The number of rotatable bonds is 3. The fourth-order valence-corrected chi connectivity index (χ4v) is 2.85. The number of carbonyl (C=O) groups is 2. The molecule has 2 amide bonds. The number of nitrogens with zero attached hydrogens (tertiary/aromatic N) is 4. The molecule has 0 saturated carbocycles. The van der Waals surface area contributed by atoms with Crippen molar-refractivity contribution in [3.8, 4) is 0 Å². The zero-order valence-electron chi connectivity index (χ0n) is 12.7. The number of amides is 2. The van der Waals surface area contributed by atoms with E-state index >= 15 is 0 Å². The standard InChI is InChI=1S/C15H19N5O2/c1-10-6-17-20(7-10)12-3-4-19(9-12)15(22)13-5-11(14(16)21)8-18(13)2/h5-8,12H,3-4,9H2,1-2H3,(H2,16,21). The van der Waals surface area contributed by atoms with Crippen molar-refractivity contribution in [3.63, 3.8) is 0 Å². The van der Waals surface area contributed by atoms with Crippen LogP contribution in [0.15, 0.2) is 24.7 Å². The van der Waals surface area contributed by atoms with E-state index in [2.05, 4.69) is 5.10 Å². The molecule has 1 aliphatic rings. The lowest BCUT2D eigenvalue weighted by Gasteiger charge is -2.17. The lowest BCUT2D eigenvalue weighted by Crippen LogP contribution is -2.30. The van der Waals surface area contributed by atoms with Gasteiger partial charge in [-0.25, -0.2) is 0 Å². The highest BCUT2D eigenvalue weighted by atomic mass is 16.2. The first-order chi connectivity index (χ1) is 10.5. The van der Waals surface area contributed by atoms with Gasteiger partial charge in [0.1, 0.15) is 5.69 Å². The summed E-state index contributed by atoms with van der Waals surface area (Å²) in [7, 11) is 1.74. The summed E-state index contributed by atoms with van der Waals surface area (Å²) in [6, 6.07) is 1.75. The molecule has 7 nitrogen and oxygen atoms in total. The third-order valence-electron chi connectivity index (χ3n) is 4.06. The number of aryl methyl sites for hydroxylation is 2. The SMILES string of the molecule is Cc1cnn(C2CCN(C(=O)c3cc(C(N)=O)cn3C)C2)c1. The zero-order chi connectivity index (χ0) is 15.9. The molecule has 2 N–H and O–H groups in total. The van der Waals surface area contributed by atoms with Crippen LogP contribution in [0.3, 0.4) is 0 Å². The van der Waals surface area contributed by atoms with Gasteiger partial charge in [-0.15, -0.1) is 0 Å². The number of nitrogens with two attached hydrogens (primary N) is 1. The van der Waals surface area contributed by atoms with Crippen LogP contribution in [0.1, 0.15) is 38.9 Å². The van der Waals surface area contributed by atoms with E-state index in [-0.39, 0.29) is 11.9 Å². The van der Waals surface area contributed by atoms with Gasteiger partial charge in [-0.3, -0.25) is 14.3 Å². The number of hydrogen-bond acceptors (Lipinski definition) is 3. The highest BCUT2D eigenvalue weighted by Crippen LogP contribution is 2.23. The lowest BCUT2D eigenvalue weighted by atomic mass is 10.2. The van der Waals surface area contributed by atoms with E-state index in [0.29, 0.717) is 24.3 Å². The van der Waals surface area contributed by atoms with Gasteiger partial charge in [-0.05, 0) is 25.0 Å². The first kappa shape index (κ1) is 14.4. The van der Waals surface area contributed by atoms with Gasteiger partial charge in [-0.1, -0.05) is 0 Å². The van der Waals surface area contributed by atoms with Gasteiger partial charge >= 0.3 is 0 Å². The monoisotopic (exact) mass is 301 g/mol. The Balaban J connectivity index is 1.75. The molecule has 0 bridgehead atoms. The molecule has 116 valence electrons. The number of carbonyl (C=O) groups excluding carboxylic acids is 2. The minimum atomic E-state index is -0.527. The molecule has 1 fully saturated rings. The summed E-state index contributed by atoms with van der Waals surface area (Å²) in [5, 5.41) is 4.32. The predicted molar refractivity (Wildman–Crippen MR) is 80.5 cm³/mol. The zero-order valence-corrected chi connectivity index (χ0v) is 12.7. The molecular formula is C15H19N5O2. The van der Waals surface area contributed by atoms with Crippen molar-refractivity contribution >= 4 is 11.8 Å². The average Bonchev–Trinajstić information content (AvgIpc) is 3.16. The molecule has 3 heterocycles. The minimum Gasteiger partial charge on any atom is -0.366 e. The Kier molecular flexibility index (Phi) is 3.48. The van der Waals surface area contributed by atoms with Crippen LogP contribution in [0.4, 0.5) is 0 Å². The van der Waals surface area contributed by atoms with Gasteiger partial charge in [0.15, 0.2) is 0 Å². The maximum absolute atomic E-state index is 12.6. The van der Waals surface area contributed by atoms with Gasteiger partial charge in [0.25, 0.3) is 5.91 Å². The topological polar surface area (TPSA) is 86.2 Å². The maximum Gasteiger partial charge on any atom is 0.270 e. The second-order valence-corrected chi connectivity index (χ2v) is 5.78. The Morgan fingerprint density at radius 3 is 2.73 bits per heavy atom. The van der Waals surface area contributed by atoms with Crippen molar-refractivity contribution in [1.82, 2.24) is 19.2 Å². The van der Waals surface area contributed by atoms with E-state index in [1.54, 1.807) is 28.8 Å². The number of hydrogen-bond donors (Lipinski definition) is 1. The molecule has 7 heteroatoms. The van der Waals surface area contributed by atoms with Crippen molar-refractivity contribution in [2.45, 2.75) is 19.4 Å². The molecule has 1 atom stereocenters. The van der Waals surface area contributed by atoms with Crippen molar-refractivity contribution < 1.29 is 9.59 Å². The van der Waals surface area contributed by atoms with Crippen LogP contribution in [0.25, 0.3) is 0 Å². The fraction of sp³-hybridized carbons (Fsp3) is 0.400.